The second kappa shape index (κ2) is 16.5. The number of hydrogen-bond donors (Lipinski definition) is 0. The number of fused-ring (bicyclic) bond motifs is 11. The Balaban J connectivity index is 0.942. The van der Waals surface area contributed by atoms with Crippen molar-refractivity contribution in [2.75, 3.05) is 0 Å². The lowest BCUT2D eigenvalue weighted by atomic mass is 10.1. The number of benzene rings is 11. The minimum Gasteiger partial charge on any atom is -0.309 e. The van der Waals surface area contributed by atoms with Crippen LogP contribution in [0, 0.1) is 0 Å². The first kappa shape index (κ1) is 42.5. The minimum atomic E-state index is -2.97. The van der Waals surface area contributed by atoms with E-state index in [0.29, 0.717) is 17.5 Å². The Bertz CT molecular complexity index is 4550. The number of aromatic nitrogens is 6. The smallest absolute Gasteiger partial charge is 0.184 e. The maximum Gasteiger partial charge on any atom is 0.184 e. The molecule has 1 atom stereocenters. The zero-order valence-corrected chi connectivity index (χ0v) is 42.1. The van der Waals surface area contributed by atoms with Gasteiger partial charge in [-0.05, 0) is 81.4 Å². The molecular formula is C69H44N6Si. The first-order valence-electron chi connectivity index (χ1n) is 25.9. The van der Waals surface area contributed by atoms with Crippen LogP contribution in [-0.4, -0.2) is 36.7 Å². The molecule has 0 radical (unpaired) electrons. The number of hydrogen-bond acceptors (Lipinski definition) is 3. The summed E-state index contributed by atoms with van der Waals surface area (Å²) in [5.41, 5.74) is 12.9. The van der Waals surface area contributed by atoms with Gasteiger partial charge >= 0.3 is 0 Å². The summed E-state index contributed by atoms with van der Waals surface area (Å²) in [7, 11) is -2.97. The molecule has 0 saturated carbocycles. The first-order valence-corrected chi connectivity index (χ1v) is 27.9. The molecule has 15 aromatic rings. The van der Waals surface area contributed by atoms with Crippen LogP contribution in [0.4, 0.5) is 0 Å². The van der Waals surface area contributed by atoms with Crippen molar-refractivity contribution in [1.29, 1.82) is 0 Å². The van der Waals surface area contributed by atoms with Crippen molar-refractivity contribution < 1.29 is 0 Å². The maximum absolute atomic E-state index is 5.54. The van der Waals surface area contributed by atoms with Gasteiger partial charge in [-0.15, -0.1) is 0 Å². The van der Waals surface area contributed by atoms with Crippen molar-refractivity contribution in [3.63, 3.8) is 0 Å². The molecule has 7 heteroatoms. The van der Waals surface area contributed by atoms with Crippen LogP contribution in [0.3, 0.4) is 0 Å². The van der Waals surface area contributed by atoms with Crippen LogP contribution in [0.15, 0.2) is 267 Å². The van der Waals surface area contributed by atoms with Crippen LogP contribution in [0.1, 0.15) is 0 Å². The van der Waals surface area contributed by atoms with Gasteiger partial charge in [0, 0.05) is 54.7 Å². The maximum atomic E-state index is 5.54. The predicted molar refractivity (Wildman–Crippen MR) is 316 cm³/mol. The molecule has 1 aliphatic heterocycles. The molecule has 354 valence electrons. The molecule has 11 aromatic carbocycles. The van der Waals surface area contributed by atoms with Crippen LogP contribution >= 0.6 is 0 Å². The fourth-order valence-corrected chi connectivity index (χ4v) is 18.0. The second-order valence-electron chi connectivity index (χ2n) is 19.8. The summed E-state index contributed by atoms with van der Waals surface area (Å²) in [5, 5.41) is 12.7. The van der Waals surface area contributed by atoms with Crippen molar-refractivity contribution >= 4 is 94.2 Å². The lowest BCUT2D eigenvalue weighted by molar-refractivity contribution is 1.06. The second-order valence-corrected chi connectivity index (χ2v) is 23.6. The van der Waals surface area contributed by atoms with Gasteiger partial charge in [-0.25, -0.2) is 15.0 Å². The van der Waals surface area contributed by atoms with Crippen LogP contribution in [0.25, 0.3) is 117 Å². The van der Waals surface area contributed by atoms with Crippen molar-refractivity contribution in [1.82, 2.24) is 28.7 Å². The third kappa shape index (κ3) is 6.00. The highest BCUT2D eigenvalue weighted by atomic mass is 28.3. The van der Waals surface area contributed by atoms with Crippen LogP contribution < -0.4 is 20.7 Å². The van der Waals surface area contributed by atoms with E-state index in [1.54, 1.807) is 0 Å². The van der Waals surface area contributed by atoms with Gasteiger partial charge in [0.05, 0.1) is 44.5 Å². The van der Waals surface area contributed by atoms with E-state index in [0.717, 1.165) is 50.1 Å². The Hall–Kier alpha value is -9.95. The van der Waals surface area contributed by atoms with Crippen molar-refractivity contribution in [2.24, 2.45) is 0 Å². The molecule has 0 N–H and O–H groups in total. The SMILES string of the molecule is c1ccc([Si]2(c3ccc(-c4nc(-c5ccccc5-n5c6ccccc6c6ccccc65)nc(-c5ccccc5-n5c6ccccc6c6ccccc65)n4)cc3)c3ccccc3-n3c4ccccc4c4cccc2c43)cc1. The Morgan fingerprint density at radius 2 is 0.618 bits per heavy atom. The molecule has 76 heavy (non-hydrogen) atoms. The molecule has 0 fully saturated rings. The Kier molecular flexibility index (Phi) is 9.25. The lowest BCUT2D eigenvalue weighted by Crippen LogP contribution is -2.76. The third-order valence-electron chi connectivity index (χ3n) is 16.0. The number of rotatable bonds is 7. The van der Waals surface area contributed by atoms with E-state index in [9.17, 15) is 0 Å². The molecule has 1 unspecified atom stereocenters. The van der Waals surface area contributed by atoms with Gasteiger partial charge in [0.15, 0.2) is 25.5 Å². The van der Waals surface area contributed by atoms with E-state index < -0.39 is 8.07 Å². The fraction of sp³-hybridized carbons (Fsp3) is 0. The van der Waals surface area contributed by atoms with Crippen molar-refractivity contribution in [3.8, 4) is 51.2 Å². The number of para-hydroxylation sites is 9. The first-order chi connectivity index (χ1) is 37.7. The zero-order chi connectivity index (χ0) is 49.9. The summed E-state index contributed by atoms with van der Waals surface area (Å²) in [6.07, 6.45) is 0. The topological polar surface area (TPSA) is 53.5 Å². The summed E-state index contributed by atoms with van der Waals surface area (Å²) >= 11 is 0. The Labute approximate surface area is 438 Å². The molecule has 16 rings (SSSR count). The van der Waals surface area contributed by atoms with Crippen molar-refractivity contribution in [3.05, 3.63) is 267 Å². The summed E-state index contributed by atoms with van der Waals surface area (Å²) in [4.78, 5) is 16.6. The summed E-state index contributed by atoms with van der Waals surface area (Å²) in [6, 6.07) is 97.1. The molecule has 5 heterocycles. The molecule has 1 aliphatic rings. The van der Waals surface area contributed by atoms with E-state index in [1.807, 2.05) is 0 Å². The zero-order valence-electron chi connectivity index (χ0n) is 41.1. The monoisotopic (exact) mass is 984 g/mol. The lowest BCUT2D eigenvalue weighted by Gasteiger charge is -2.39. The third-order valence-corrected chi connectivity index (χ3v) is 20.8. The van der Waals surface area contributed by atoms with Gasteiger partial charge in [-0.1, -0.05) is 206 Å². The van der Waals surface area contributed by atoms with E-state index in [1.165, 1.54) is 69.8 Å². The average Bonchev–Trinajstić information content (AvgIpc) is 4.31. The standard InChI is InChI=1S/C69H44N6Si/c1-2-21-46(22-3-1)76(64-39-19-18-38-63(64)75-60-35-15-8-27-52(60)53-30-20-40-65(76)66(53)75)47-43-41-45(42-44-47)67-70-68(54-28-9-16-36-61(54)73-56-31-11-4-23-48(56)49-24-5-12-32-57(49)73)72-69(71-67)55-29-10-17-37-62(55)74-58-33-13-6-25-50(58)51-26-7-14-34-59(51)74/h1-44H. The molecule has 0 saturated heterocycles. The van der Waals surface area contributed by atoms with Crippen LogP contribution in [0.2, 0.25) is 0 Å². The van der Waals surface area contributed by atoms with Crippen LogP contribution in [0.5, 0.6) is 0 Å². The molecular weight excluding hydrogens is 941 g/mol. The van der Waals surface area contributed by atoms with Gasteiger partial charge < -0.3 is 13.7 Å². The molecule has 0 amide bonds. The van der Waals surface area contributed by atoms with Gasteiger partial charge in [0.25, 0.3) is 0 Å². The largest absolute Gasteiger partial charge is 0.309 e. The van der Waals surface area contributed by atoms with E-state index >= 15 is 0 Å². The average molecular weight is 985 g/mol. The van der Waals surface area contributed by atoms with Gasteiger partial charge in [0.1, 0.15) is 0 Å². The highest BCUT2D eigenvalue weighted by Crippen LogP contribution is 2.40. The molecule has 0 spiro atoms. The van der Waals surface area contributed by atoms with E-state index in [4.69, 9.17) is 15.0 Å². The van der Waals surface area contributed by atoms with Gasteiger partial charge in [-0.2, -0.15) is 0 Å². The molecule has 0 aliphatic carbocycles. The highest BCUT2D eigenvalue weighted by Gasteiger charge is 2.47. The van der Waals surface area contributed by atoms with Gasteiger partial charge in [0.2, 0.25) is 0 Å². The summed E-state index contributed by atoms with van der Waals surface area (Å²) < 4.78 is 7.24. The normalized spacial score (nSPS) is 14.1. The van der Waals surface area contributed by atoms with Crippen LogP contribution in [-0.2, 0) is 0 Å². The highest BCUT2D eigenvalue weighted by molar-refractivity contribution is 7.21. The van der Waals surface area contributed by atoms with E-state index in [2.05, 4.69) is 281 Å². The number of nitrogens with zero attached hydrogens (tertiary/aromatic N) is 6. The van der Waals surface area contributed by atoms with Crippen molar-refractivity contribution in [2.45, 2.75) is 0 Å². The Morgan fingerprint density at radius 1 is 0.250 bits per heavy atom. The molecule has 6 nitrogen and oxygen atoms in total. The van der Waals surface area contributed by atoms with E-state index in [-0.39, 0.29) is 0 Å². The minimum absolute atomic E-state index is 0.592. The summed E-state index contributed by atoms with van der Waals surface area (Å²) in [6.45, 7) is 0. The molecule has 4 aromatic heterocycles. The fourth-order valence-electron chi connectivity index (χ4n) is 12.9. The molecule has 0 bridgehead atoms. The predicted octanol–water partition coefficient (Wildman–Crippen LogP) is 13.9. The quantitative estimate of drug-likeness (QED) is 0.150. The summed E-state index contributed by atoms with van der Waals surface area (Å²) in [5.74, 6) is 1.78. The Morgan fingerprint density at radius 3 is 1.14 bits per heavy atom. The van der Waals surface area contributed by atoms with Gasteiger partial charge in [-0.3, -0.25) is 0 Å².